The molecule has 3 heterocycles. The Hall–Kier alpha value is -3.23. The van der Waals surface area contributed by atoms with Gasteiger partial charge < -0.3 is 19.3 Å². The first-order valence-electron chi connectivity index (χ1n) is 12.7. The molecule has 0 saturated carbocycles. The van der Waals surface area contributed by atoms with Crippen LogP contribution in [0.2, 0.25) is 0 Å². The van der Waals surface area contributed by atoms with E-state index < -0.39 is 0 Å². The fourth-order valence-corrected chi connectivity index (χ4v) is 6.03. The van der Waals surface area contributed by atoms with Crippen LogP contribution in [0.15, 0.2) is 60.0 Å². The zero-order valence-electron chi connectivity index (χ0n) is 20.9. The van der Waals surface area contributed by atoms with Crippen molar-refractivity contribution in [3.8, 4) is 5.75 Å². The van der Waals surface area contributed by atoms with Crippen LogP contribution in [0.1, 0.15) is 45.2 Å². The molecule has 2 aliphatic heterocycles. The van der Waals surface area contributed by atoms with Crippen LogP contribution in [0.4, 0.5) is 4.39 Å². The monoisotopic (exact) mass is 522 g/mol. The summed E-state index contributed by atoms with van der Waals surface area (Å²) in [5.41, 5.74) is 2.52. The maximum Gasteiger partial charge on any atom is 0.254 e. The number of hydrogen-bond acceptors (Lipinski definition) is 5. The van der Waals surface area contributed by atoms with E-state index in [-0.39, 0.29) is 42.9 Å². The number of aryl methyl sites for hydroxylation is 1. The highest BCUT2D eigenvalue weighted by molar-refractivity contribution is 7.10. The van der Waals surface area contributed by atoms with Gasteiger partial charge in [0.1, 0.15) is 24.7 Å². The number of rotatable bonds is 8. The molecular weight excluding hydrogens is 491 g/mol. The number of fused-ring (bicyclic) bond motifs is 1. The lowest BCUT2D eigenvalue weighted by atomic mass is 10.00. The maximum atomic E-state index is 13.8. The van der Waals surface area contributed by atoms with Crippen LogP contribution >= 0.6 is 11.3 Å². The summed E-state index contributed by atoms with van der Waals surface area (Å²) >= 11 is 1.67. The van der Waals surface area contributed by atoms with Crippen molar-refractivity contribution < 1.29 is 23.5 Å². The van der Waals surface area contributed by atoms with E-state index in [4.69, 9.17) is 9.47 Å². The Bertz CT molecular complexity index is 1260. The number of nitrogens with zero attached hydrogens (tertiary/aromatic N) is 2. The predicted octanol–water partition coefficient (Wildman–Crippen LogP) is 5.02. The Morgan fingerprint density at radius 1 is 1.19 bits per heavy atom. The number of benzene rings is 2. The van der Waals surface area contributed by atoms with Crippen molar-refractivity contribution in [3.63, 3.8) is 0 Å². The molecule has 1 aromatic heterocycles. The Morgan fingerprint density at radius 3 is 2.84 bits per heavy atom. The third-order valence-corrected chi connectivity index (χ3v) is 8.05. The molecule has 1 fully saturated rings. The first-order valence-corrected chi connectivity index (χ1v) is 13.6. The summed E-state index contributed by atoms with van der Waals surface area (Å²) in [7, 11) is 0. The molecule has 2 unspecified atom stereocenters. The Labute approximate surface area is 220 Å². The van der Waals surface area contributed by atoms with Gasteiger partial charge in [-0.1, -0.05) is 24.3 Å². The predicted molar refractivity (Wildman–Crippen MR) is 140 cm³/mol. The number of hydrogen-bond donors (Lipinski definition) is 0. The molecule has 2 aliphatic rings. The molecule has 8 heteroatoms. The van der Waals surface area contributed by atoms with Crippen molar-refractivity contribution in [2.75, 3.05) is 32.8 Å². The van der Waals surface area contributed by atoms with Gasteiger partial charge in [0.15, 0.2) is 0 Å². The smallest absolute Gasteiger partial charge is 0.254 e. The van der Waals surface area contributed by atoms with Crippen molar-refractivity contribution in [1.29, 1.82) is 0 Å². The van der Waals surface area contributed by atoms with Gasteiger partial charge in [-0.25, -0.2) is 4.39 Å². The number of halogens is 1. The summed E-state index contributed by atoms with van der Waals surface area (Å²) in [5, 5.41) is 2.03. The average Bonchev–Trinajstić information content (AvgIpc) is 3.59. The fraction of sp³-hybridized carbons (Fsp3) is 0.379. The summed E-state index contributed by atoms with van der Waals surface area (Å²) in [6.07, 6.45) is 2.51. The molecule has 37 heavy (non-hydrogen) atoms. The Balaban J connectivity index is 1.36. The Morgan fingerprint density at radius 2 is 2.05 bits per heavy atom. The third kappa shape index (κ3) is 5.86. The number of carbonyl (C=O) groups excluding carboxylic acids is 2. The summed E-state index contributed by atoms with van der Waals surface area (Å²) in [6, 6.07) is 15.2. The summed E-state index contributed by atoms with van der Waals surface area (Å²) in [4.78, 5) is 32.1. The normalized spacial score (nSPS) is 18.9. The van der Waals surface area contributed by atoms with Crippen LogP contribution in [-0.4, -0.2) is 60.6 Å². The lowest BCUT2D eigenvalue weighted by molar-refractivity contribution is -0.135. The Kier molecular flexibility index (Phi) is 7.86. The van der Waals surface area contributed by atoms with Crippen molar-refractivity contribution in [1.82, 2.24) is 9.80 Å². The molecule has 2 aromatic carbocycles. The van der Waals surface area contributed by atoms with E-state index in [0.717, 1.165) is 30.4 Å². The molecule has 6 nitrogen and oxygen atoms in total. The van der Waals surface area contributed by atoms with Crippen LogP contribution < -0.4 is 4.74 Å². The number of carbonyl (C=O) groups is 2. The van der Waals surface area contributed by atoms with Crippen LogP contribution in [0, 0.1) is 12.7 Å². The largest absolute Gasteiger partial charge is 0.491 e. The van der Waals surface area contributed by atoms with Crippen molar-refractivity contribution in [3.05, 3.63) is 87.4 Å². The van der Waals surface area contributed by atoms with E-state index in [1.165, 1.54) is 17.0 Å². The lowest BCUT2D eigenvalue weighted by Crippen LogP contribution is -2.49. The number of amides is 2. The lowest BCUT2D eigenvalue weighted by Gasteiger charge is -2.37. The minimum Gasteiger partial charge on any atom is -0.491 e. The van der Waals surface area contributed by atoms with Crippen LogP contribution in [0.5, 0.6) is 5.75 Å². The SMILES string of the molecule is Cc1ccccc1C(=O)N(CC(=O)N1CCc2sccc2C1COc1cccc(F)c1)CC1CCCO1. The van der Waals surface area contributed by atoms with E-state index in [1.54, 1.807) is 34.4 Å². The standard InChI is InChI=1S/C29H31FN2O4S/c1-20-6-2-3-10-24(20)29(34)31(17-23-9-5-14-35-23)18-28(33)32-13-11-27-25(12-15-37-27)26(32)19-36-22-8-4-7-21(30)16-22/h2-4,6-8,10,12,15-16,23,26H,5,9,11,13-14,17-19H2,1H3. The first-order chi connectivity index (χ1) is 18.0. The molecule has 5 rings (SSSR count). The summed E-state index contributed by atoms with van der Waals surface area (Å²) < 4.78 is 25.5. The van der Waals surface area contributed by atoms with Gasteiger partial charge in [-0.3, -0.25) is 9.59 Å². The highest BCUT2D eigenvalue weighted by atomic mass is 32.1. The highest BCUT2D eigenvalue weighted by Crippen LogP contribution is 2.34. The molecule has 194 valence electrons. The van der Waals surface area contributed by atoms with Crippen LogP contribution in [-0.2, 0) is 16.0 Å². The molecule has 0 radical (unpaired) electrons. The van der Waals surface area contributed by atoms with Gasteiger partial charge in [-0.05, 0) is 67.0 Å². The second kappa shape index (κ2) is 11.4. The molecule has 1 saturated heterocycles. The van der Waals surface area contributed by atoms with Gasteiger partial charge in [0.25, 0.3) is 5.91 Å². The quantitative estimate of drug-likeness (QED) is 0.417. The first kappa shape index (κ1) is 25.4. The van der Waals surface area contributed by atoms with Crippen molar-refractivity contribution >= 4 is 23.2 Å². The van der Waals surface area contributed by atoms with Crippen molar-refractivity contribution in [2.45, 2.75) is 38.3 Å². The highest BCUT2D eigenvalue weighted by Gasteiger charge is 2.34. The third-order valence-electron chi connectivity index (χ3n) is 7.06. The zero-order valence-corrected chi connectivity index (χ0v) is 21.7. The zero-order chi connectivity index (χ0) is 25.8. The van der Waals surface area contributed by atoms with Gasteiger partial charge in [0, 0.05) is 36.2 Å². The van der Waals surface area contributed by atoms with Crippen LogP contribution in [0.25, 0.3) is 0 Å². The van der Waals surface area contributed by atoms with E-state index in [9.17, 15) is 14.0 Å². The van der Waals surface area contributed by atoms with E-state index in [2.05, 4.69) is 0 Å². The molecule has 0 spiro atoms. The number of ether oxygens (including phenoxy) is 2. The minimum absolute atomic E-state index is 0.0387. The molecule has 0 aliphatic carbocycles. The molecule has 0 bridgehead atoms. The fourth-order valence-electron chi connectivity index (χ4n) is 5.10. The topological polar surface area (TPSA) is 59.1 Å². The van der Waals surface area contributed by atoms with Gasteiger partial charge in [0.05, 0.1) is 12.1 Å². The molecule has 0 N–H and O–H groups in total. The average molecular weight is 523 g/mol. The molecule has 2 amide bonds. The van der Waals surface area contributed by atoms with Crippen molar-refractivity contribution in [2.24, 2.45) is 0 Å². The number of thiophene rings is 1. The molecule has 3 aromatic rings. The van der Waals surface area contributed by atoms with E-state index >= 15 is 0 Å². The summed E-state index contributed by atoms with van der Waals surface area (Å²) in [6.45, 7) is 3.66. The van der Waals surface area contributed by atoms with E-state index in [1.807, 2.05) is 41.5 Å². The van der Waals surface area contributed by atoms with Gasteiger partial charge >= 0.3 is 0 Å². The molecule has 2 atom stereocenters. The second-order valence-corrected chi connectivity index (χ2v) is 10.6. The van der Waals surface area contributed by atoms with E-state index in [0.29, 0.717) is 31.0 Å². The van der Waals surface area contributed by atoms with Gasteiger partial charge in [-0.15, -0.1) is 11.3 Å². The van der Waals surface area contributed by atoms with Crippen LogP contribution in [0.3, 0.4) is 0 Å². The summed E-state index contributed by atoms with van der Waals surface area (Å²) in [5.74, 6) is -0.248. The maximum absolute atomic E-state index is 13.8. The molecular formula is C29H31FN2O4S. The van der Waals surface area contributed by atoms with Gasteiger partial charge in [0.2, 0.25) is 5.91 Å². The minimum atomic E-state index is -0.371. The second-order valence-electron chi connectivity index (χ2n) is 9.56. The van der Waals surface area contributed by atoms with Gasteiger partial charge in [-0.2, -0.15) is 0 Å².